The summed E-state index contributed by atoms with van der Waals surface area (Å²) in [6.07, 6.45) is 0.219. The first kappa shape index (κ1) is 34.0. The maximum Gasteiger partial charge on any atom is 0.264 e. The molecule has 1 N–H and O–H groups in total. The first-order valence-electron chi connectivity index (χ1n) is 14.6. The molecule has 7 nitrogen and oxygen atoms in total. The van der Waals surface area contributed by atoms with Gasteiger partial charge in [0.15, 0.2) is 0 Å². The van der Waals surface area contributed by atoms with Gasteiger partial charge in [0.25, 0.3) is 10.0 Å². The van der Waals surface area contributed by atoms with E-state index < -0.39 is 28.5 Å². The van der Waals surface area contributed by atoms with Gasteiger partial charge in [-0.05, 0) is 86.8 Å². The van der Waals surface area contributed by atoms with Crippen molar-refractivity contribution in [3.05, 3.63) is 129 Å². The number of aryl methyl sites for hydroxylation is 2. The third-order valence-corrected chi connectivity index (χ3v) is 9.50. The van der Waals surface area contributed by atoms with Gasteiger partial charge in [0.2, 0.25) is 11.8 Å². The minimum Gasteiger partial charge on any atom is -0.352 e. The molecule has 4 aromatic rings. The molecule has 4 rings (SSSR count). The standard InChI is InChI=1S/C35H37Cl2N3O4S/c1-24(2)38-35(42)33(21-27-9-6-5-7-10-27)39(22-28-11-8-12-29(36)20-28)34(41)23-40(32-18-15-30(37)19-26(32)4)45(43,44)31-16-13-25(3)14-17-31/h5-20,24,33H,21-23H2,1-4H3,(H,38,42). The monoisotopic (exact) mass is 665 g/mol. The summed E-state index contributed by atoms with van der Waals surface area (Å²) < 4.78 is 29.5. The summed E-state index contributed by atoms with van der Waals surface area (Å²) in [4.78, 5) is 29.8. The van der Waals surface area contributed by atoms with Gasteiger partial charge in [0.05, 0.1) is 10.6 Å². The number of hydrogen-bond acceptors (Lipinski definition) is 4. The lowest BCUT2D eigenvalue weighted by Gasteiger charge is -2.34. The normalized spacial score (nSPS) is 12.1. The molecular weight excluding hydrogens is 629 g/mol. The van der Waals surface area contributed by atoms with Crippen LogP contribution in [0.15, 0.2) is 102 Å². The molecule has 2 amide bonds. The minimum atomic E-state index is -4.22. The van der Waals surface area contributed by atoms with E-state index in [2.05, 4.69) is 5.32 Å². The third kappa shape index (κ3) is 8.87. The van der Waals surface area contributed by atoms with Gasteiger partial charge in [-0.25, -0.2) is 8.42 Å². The number of anilines is 1. The Bertz CT molecular complexity index is 1750. The van der Waals surface area contributed by atoms with Crippen LogP contribution in [0, 0.1) is 13.8 Å². The number of sulfonamides is 1. The summed E-state index contributed by atoms with van der Waals surface area (Å²) in [7, 11) is -4.22. The summed E-state index contributed by atoms with van der Waals surface area (Å²) in [5.74, 6) is -0.903. The second-order valence-corrected chi connectivity index (χ2v) is 14.0. The zero-order valence-electron chi connectivity index (χ0n) is 25.7. The van der Waals surface area contributed by atoms with Crippen LogP contribution in [0.1, 0.15) is 36.1 Å². The highest BCUT2D eigenvalue weighted by molar-refractivity contribution is 7.92. The Morgan fingerprint density at radius 2 is 1.44 bits per heavy atom. The molecule has 4 aromatic carbocycles. The van der Waals surface area contributed by atoms with Crippen molar-refractivity contribution in [1.82, 2.24) is 10.2 Å². The van der Waals surface area contributed by atoms with Crippen molar-refractivity contribution in [3.8, 4) is 0 Å². The molecule has 0 spiro atoms. The second kappa shape index (κ2) is 15.0. The lowest BCUT2D eigenvalue weighted by Crippen LogP contribution is -2.54. The molecule has 0 aliphatic carbocycles. The molecule has 1 unspecified atom stereocenters. The molecule has 0 radical (unpaired) electrons. The molecule has 0 heterocycles. The van der Waals surface area contributed by atoms with E-state index in [1.807, 2.05) is 57.2 Å². The number of nitrogens with one attached hydrogen (secondary N) is 1. The molecule has 0 saturated carbocycles. The van der Waals surface area contributed by atoms with E-state index >= 15 is 0 Å². The molecule has 0 saturated heterocycles. The highest BCUT2D eigenvalue weighted by Gasteiger charge is 2.35. The number of amides is 2. The van der Waals surface area contributed by atoms with Crippen molar-refractivity contribution >= 4 is 50.7 Å². The molecule has 1 atom stereocenters. The topological polar surface area (TPSA) is 86.8 Å². The highest BCUT2D eigenvalue weighted by atomic mass is 35.5. The summed E-state index contributed by atoms with van der Waals surface area (Å²) in [6, 6.07) is 26.6. The van der Waals surface area contributed by atoms with Crippen LogP contribution in [0.2, 0.25) is 10.0 Å². The van der Waals surface area contributed by atoms with E-state index in [4.69, 9.17) is 23.2 Å². The Morgan fingerprint density at radius 3 is 2.07 bits per heavy atom. The highest BCUT2D eigenvalue weighted by Crippen LogP contribution is 2.30. The fourth-order valence-electron chi connectivity index (χ4n) is 5.02. The number of benzene rings is 4. The molecule has 0 aromatic heterocycles. The molecule has 0 aliphatic rings. The molecule has 10 heteroatoms. The first-order chi connectivity index (χ1) is 21.3. The van der Waals surface area contributed by atoms with Crippen LogP contribution < -0.4 is 9.62 Å². The van der Waals surface area contributed by atoms with Gasteiger partial charge in [-0.15, -0.1) is 0 Å². The lowest BCUT2D eigenvalue weighted by atomic mass is 10.0. The summed E-state index contributed by atoms with van der Waals surface area (Å²) in [5.41, 5.74) is 3.32. The molecule has 45 heavy (non-hydrogen) atoms. The Morgan fingerprint density at radius 1 is 0.800 bits per heavy atom. The fraction of sp³-hybridized carbons (Fsp3) is 0.257. The van der Waals surface area contributed by atoms with E-state index in [-0.39, 0.29) is 29.8 Å². The van der Waals surface area contributed by atoms with Gasteiger partial charge in [-0.2, -0.15) is 0 Å². The van der Waals surface area contributed by atoms with Crippen LogP contribution in [0.5, 0.6) is 0 Å². The van der Waals surface area contributed by atoms with E-state index in [0.29, 0.717) is 26.9 Å². The molecule has 236 valence electrons. The minimum absolute atomic E-state index is 0.0282. The Kier molecular flexibility index (Phi) is 11.3. The third-order valence-electron chi connectivity index (χ3n) is 7.26. The molecule has 0 bridgehead atoms. The van der Waals surface area contributed by atoms with Crippen LogP contribution >= 0.6 is 23.2 Å². The van der Waals surface area contributed by atoms with Gasteiger partial charge in [0, 0.05) is 29.1 Å². The number of hydrogen-bond donors (Lipinski definition) is 1. The Balaban J connectivity index is 1.83. The predicted octanol–water partition coefficient (Wildman–Crippen LogP) is 6.97. The SMILES string of the molecule is Cc1ccc(S(=O)(=O)N(CC(=O)N(Cc2cccc(Cl)c2)C(Cc2ccccc2)C(=O)NC(C)C)c2ccc(Cl)cc2C)cc1. The van der Waals surface area contributed by atoms with Crippen LogP contribution in [0.4, 0.5) is 5.69 Å². The zero-order valence-corrected chi connectivity index (χ0v) is 28.0. The second-order valence-electron chi connectivity index (χ2n) is 11.3. The average Bonchev–Trinajstić information content (AvgIpc) is 2.98. The maximum absolute atomic E-state index is 14.5. The zero-order chi connectivity index (χ0) is 32.7. The lowest BCUT2D eigenvalue weighted by molar-refractivity contribution is -0.140. The molecule has 0 aliphatic heterocycles. The number of nitrogens with zero attached hydrogens (tertiary/aromatic N) is 2. The largest absolute Gasteiger partial charge is 0.352 e. The summed E-state index contributed by atoms with van der Waals surface area (Å²) >= 11 is 12.5. The van der Waals surface area contributed by atoms with Crippen molar-refractivity contribution in [1.29, 1.82) is 0 Å². The van der Waals surface area contributed by atoms with Crippen LogP contribution in [0.25, 0.3) is 0 Å². The van der Waals surface area contributed by atoms with Crippen LogP contribution in [-0.2, 0) is 32.6 Å². The van der Waals surface area contributed by atoms with Gasteiger partial charge < -0.3 is 10.2 Å². The van der Waals surface area contributed by atoms with Crippen LogP contribution in [0.3, 0.4) is 0 Å². The average molecular weight is 667 g/mol. The van der Waals surface area contributed by atoms with Gasteiger partial charge in [-0.1, -0.05) is 83.4 Å². The number of carbonyl (C=O) groups excluding carboxylic acids is 2. The predicted molar refractivity (Wildman–Crippen MR) is 181 cm³/mol. The van der Waals surface area contributed by atoms with E-state index in [1.54, 1.807) is 55.5 Å². The summed E-state index contributed by atoms with van der Waals surface area (Å²) in [5, 5.41) is 3.87. The van der Waals surface area contributed by atoms with Crippen molar-refractivity contribution < 1.29 is 18.0 Å². The molecule has 0 fully saturated rings. The van der Waals surface area contributed by atoms with E-state index in [0.717, 1.165) is 15.4 Å². The number of halogens is 2. The Hall–Kier alpha value is -3.85. The number of rotatable bonds is 12. The Labute approximate surface area is 275 Å². The summed E-state index contributed by atoms with van der Waals surface area (Å²) in [6.45, 7) is 6.77. The number of carbonyl (C=O) groups is 2. The van der Waals surface area contributed by atoms with Gasteiger partial charge in [0.1, 0.15) is 12.6 Å². The smallest absolute Gasteiger partial charge is 0.264 e. The van der Waals surface area contributed by atoms with Crippen molar-refractivity contribution in [2.45, 2.75) is 57.6 Å². The van der Waals surface area contributed by atoms with E-state index in [1.165, 1.54) is 17.0 Å². The van der Waals surface area contributed by atoms with Crippen molar-refractivity contribution in [2.75, 3.05) is 10.8 Å². The molecular formula is C35H37Cl2N3O4S. The van der Waals surface area contributed by atoms with Gasteiger partial charge in [-0.3, -0.25) is 13.9 Å². The quantitative estimate of drug-likeness (QED) is 0.177. The van der Waals surface area contributed by atoms with Crippen molar-refractivity contribution in [3.63, 3.8) is 0 Å². The van der Waals surface area contributed by atoms with E-state index in [9.17, 15) is 18.0 Å². The van der Waals surface area contributed by atoms with Crippen molar-refractivity contribution in [2.24, 2.45) is 0 Å². The van der Waals surface area contributed by atoms with Gasteiger partial charge >= 0.3 is 0 Å². The first-order valence-corrected chi connectivity index (χ1v) is 16.8. The maximum atomic E-state index is 14.5. The van der Waals surface area contributed by atoms with Crippen LogP contribution in [-0.4, -0.2) is 43.8 Å². The fourth-order valence-corrected chi connectivity index (χ4v) is 6.93.